The van der Waals surface area contributed by atoms with Crippen molar-refractivity contribution in [1.82, 2.24) is 0 Å². The number of nitrogens with zero attached hydrogens (tertiary/aromatic N) is 1. The Morgan fingerprint density at radius 1 is 1.09 bits per heavy atom. The van der Waals surface area contributed by atoms with Gasteiger partial charge in [0, 0.05) is 0 Å². The van der Waals surface area contributed by atoms with Crippen LogP contribution in [0.3, 0.4) is 0 Å². The third-order valence-corrected chi connectivity index (χ3v) is 5.75. The fourth-order valence-corrected chi connectivity index (χ4v) is 4.65. The Morgan fingerprint density at radius 2 is 1.87 bits per heavy atom. The molecule has 2 amide bonds. The van der Waals surface area contributed by atoms with Crippen molar-refractivity contribution in [2.45, 2.75) is 31.5 Å². The van der Waals surface area contributed by atoms with Crippen LogP contribution in [0.4, 0.5) is 5.69 Å². The second-order valence-electron chi connectivity index (χ2n) is 7.05. The van der Waals surface area contributed by atoms with Crippen LogP contribution in [0.25, 0.3) is 10.8 Å². The maximum absolute atomic E-state index is 13.0. The van der Waals surface area contributed by atoms with E-state index in [0.29, 0.717) is 5.69 Å². The lowest BCUT2D eigenvalue weighted by molar-refractivity contribution is -0.126. The molecule has 3 fully saturated rings. The number of hydrogen-bond donors (Lipinski definition) is 0. The van der Waals surface area contributed by atoms with Gasteiger partial charge in [0.25, 0.3) is 0 Å². The second-order valence-corrected chi connectivity index (χ2v) is 7.05. The van der Waals surface area contributed by atoms with E-state index in [0.717, 1.165) is 23.6 Å². The Morgan fingerprint density at radius 3 is 2.65 bits per heavy atom. The van der Waals surface area contributed by atoms with E-state index in [-0.39, 0.29) is 29.8 Å². The molecule has 2 aromatic rings. The molecule has 3 aliphatic rings. The lowest BCUT2D eigenvalue weighted by Gasteiger charge is -2.26. The molecule has 2 aromatic carbocycles. The third kappa shape index (κ3) is 1.59. The van der Waals surface area contributed by atoms with E-state index >= 15 is 0 Å². The largest absolute Gasteiger partial charge is 0.370 e. The number of carbonyl (C=O) groups excluding carboxylic acids is 2. The zero-order chi connectivity index (χ0) is 15.8. The van der Waals surface area contributed by atoms with Crippen LogP contribution in [0, 0.1) is 11.8 Å². The van der Waals surface area contributed by atoms with Crippen molar-refractivity contribution in [3.8, 4) is 0 Å². The Labute approximate surface area is 134 Å². The number of imide groups is 1. The Balaban J connectivity index is 1.60. The number of fused-ring (bicyclic) bond motifs is 6. The molecule has 0 spiro atoms. The highest BCUT2D eigenvalue weighted by Crippen LogP contribution is 2.55. The molecule has 116 valence electrons. The molecule has 0 aromatic heterocycles. The Bertz CT molecular complexity index is 861. The van der Waals surface area contributed by atoms with E-state index < -0.39 is 5.60 Å². The summed E-state index contributed by atoms with van der Waals surface area (Å²) in [5.74, 6) is -0.809. The minimum atomic E-state index is -0.465. The summed E-state index contributed by atoms with van der Waals surface area (Å²) < 4.78 is 5.95. The lowest BCUT2D eigenvalue weighted by atomic mass is 9.74. The van der Waals surface area contributed by atoms with Crippen LogP contribution in [0.15, 0.2) is 42.5 Å². The number of ether oxygens (including phenoxy) is 1. The van der Waals surface area contributed by atoms with Crippen LogP contribution in [0.5, 0.6) is 0 Å². The third-order valence-electron chi connectivity index (χ3n) is 5.75. The zero-order valence-corrected chi connectivity index (χ0v) is 12.9. The molecule has 0 saturated carbocycles. The maximum atomic E-state index is 13.0. The monoisotopic (exact) mass is 307 g/mol. The van der Waals surface area contributed by atoms with Gasteiger partial charge in [-0.05, 0) is 42.7 Å². The molecule has 23 heavy (non-hydrogen) atoms. The van der Waals surface area contributed by atoms with Gasteiger partial charge in [0.1, 0.15) is 0 Å². The van der Waals surface area contributed by atoms with E-state index in [2.05, 4.69) is 0 Å². The number of carbonyl (C=O) groups is 2. The number of hydrogen-bond acceptors (Lipinski definition) is 3. The summed E-state index contributed by atoms with van der Waals surface area (Å²) in [5.41, 5.74) is 0.212. The molecule has 1 unspecified atom stereocenters. The number of benzene rings is 2. The fourth-order valence-electron chi connectivity index (χ4n) is 4.65. The predicted octanol–water partition coefficient (Wildman–Crippen LogP) is 2.90. The van der Waals surface area contributed by atoms with Gasteiger partial charge in [0.15, 0.2) is 0 Å². The smallest absolute Gasteiger partial charge is 0.240 e. The lowest BCUT2D eigenvalue weighted by Crippen LogP contribution is -2.39. The fraction of sp³-hybridized carbons (Fsp3) is 0.368. The quantitative estimate of drug-likeness (QED) is 0.761. The molecule has 5 rings (SSSR count). The van der Waals surface area contributed by atoms with E-state index in [1.165, 1.54) is 4.90 Å². The van der Waals surface area contributed by atoms with Gasteiger partial charge in [-0.2, -0.15) is 0 Å². The van der Waals surface area contributed by atoms with Crippen LogP contribution in [-0.2, 0) is 14.3 Å². The minimum Gasteiger partial charge on any atom is -0.370 e. The average molecular weight is 307 g/mol. The van der Waals surface area contributed by atoms with Crippen LogP contribution in [0.2, 0.25) is 0 Å². The van der Waals surface area contributed by atoms with Crippen molar-refractivity contribution < 1.29 is 14.3 Å². The van der Waals surface area contributed by atoms with Gasteiger partial charge in [-0.15, -0.1) is 0 Å². The molecule has 3 heterocycles. The second kappa shape index (κ2) is 4.20. The van der Waals surface area contributed by atoms with E-state index in [1.54, 1.807) is 0 Å². The van der Waals surface area contributed by atoms with Crippen molar-refractivity contribution in [3.63, 3.8) is 0 Å². The number of anilines is 1. The number of amides is 2. The molecular weight excluding hydrogens is 290 g/mol. The summed E-state index contributed by atoms with van der Waals surface area (Å²) in [4.78, 5) is 27.2. The summed E-state index contributed by atoms with van der Waals surface area (Å²) in [6.45, 7) is 1.98. The predicted molar refractivity (Wildman–Crippen MR) is 85.9 cm³/mol. The highest BCUT2D eigenvalue weighted by molar-refractivity contribution is 6.23. The molecule has 0 N–H and O–H groups in total. The first-order valence-electron chi connectivity index (χ1n) is 8.13. The van der Waals surface area contributed by atoms with Crippen molar-refractivity contribution in [2.75, 3.05) is 4.90 Å². The first-order valence-corrected chi connectivity index (χ1v) is 8.13. The summed E-state index contributed by atoms with van der Waals surface area (Å²) in [6, 6.07) is 13.7. The molecular formula is C19H17NO3. The van der Waals surface area contributed by atoms with E-state index in [4.69, 9.17) is 4.74 Å². The Hall–Kier alpha value is -2.20. The molecule has 4 heteroatoms. The summed E-state index contributed by atoms with van der Waals surface area (Å²) in [5, 5.41) is 2.14. The zero-order valence-electron chi connectivity index (χ0n) is 12.9. The van der Waals surface area contributed by atoms with Gasteiger partial charge in [-0.1, -0.05) is 30.3 Å². The van der Waals surface area contributed by atoms with Crippen molar-refractivity contribution >= 4 is 28.3 Å². The molecule has 0 radical (unpaired) electrons. The molecule has 0 aliphatic carbocycles. The van der Waals surface area contributed by atoms with Gasteiger partial charge < -0.3 is 4.74 Å². The van der Waals surface area contributed by atoms with Gasteiger partial charge >= 0.3 is 0 Å². The van der Waals surface area contributed by atoms with Crippen LogP contribution in [0.1, 0.15) is 19.8 Å². The molecule has 4 atom stereocenters. The number of rotatable bonds is 1. The summed E-state index contributed by atoms with van der Waals surface area (Å²) >= 11 is 0. The highest BCUT2D eigenvalue weighted by atomic mass is 16.5. The minimum absolute atomic E-state index is 0.0908. The van der Waals surface area contributed by atoms with Gasteiger partial charge in [-0.25, -0.2) is 4.90 Å². The first kappa shape index (κ1) is 13.3. The Kier molecular flexibility index (Phi) is 2.42. The first-order chi connectivity index (χ1) is 11.1. The topological polar surface area (TPSA) is 46.6 Å². The molecule has 3 saturated heterocycles. The molecule has 2 bridgehead atoms. The van der Waals surface area contributed by atoms with Crippen LogP contribution < -0.4 is 4.90 Å². The summed E-state index contributed by atoms with van der Waals surface area (Å²) in [7, 11) is 0. The standard InChI is InChI=1S/C19H17NO3/c1-19-9-8-14(23-19)15-16(19)18(22)20(17(15)21)13-7-6-11-4-2-3-5-12(11)10-13/h2-7,10,14-16H,8-9H2,1H3/t14-,15-,16+,19?/m0/s1. The van der Waals surface area contributed by atoms with Crippen molar-refractivity contribution in [3.05, 3.63) is 42.5 Å². The SMILES string of the molecule is CC12CC[C@H](O1)[C@@H]1C(=O)N(c3ccc4ccccc4c3)C(=O)[C@@H]12. The van der Waals surface area contributed by atoms with E-state index in [9.17, 15) is 9.59 Å². The van der Waals surface area contributed by atoms with E-state index in [1.807, 2.05) is 49.4 Å². The van der Waals surface area contributed by atoms with Crippen molar-refractivity contribution in [2.24, 2.45) is 11.8 Å². The van der Waals surface area contributed by atoms with Crippen LogP contribution in [-0.4, -0.2) is 23.5 Å². The van der Waals surface area contributed by atoms with Crippen LogP contribution >= 0.6 is 0 Å². The van der Waals surface area contributed by atoms with Gasteiger partial charge in [0.05, 0.1) is 29.2 Å². The normalized spacial score (nSPS) is 35.3. The van der Waals surface area contributed by atoms with Crippen molar-refractivity contribution in [1.29, 1.82) is 0 Å². The van der Waals surface area contributed by atoms with Gasteiger partial charge in [-0.3, -0.25) is 9.59 Å². The highest BCUT2D eigenvalue weighted by Gasteiger charge is 2.67. The average Bonchev–Trinajstić information content (AvgIpc) is 3.16. The molecule has 4 nitrogen and oxygen atoms in total. The maximum Gasteiger partial charge on any atom is 0.240 e. The summed E-state index contributed by atoms with van der Waals surface area (Å²) in [6.07, 6.45) is 1.65. The van der Waals surface area contributed by atoms with Gasteiger partial charge in [0.2, 0.25) is 11.8 Å². The molecule has 3 aliphatic heterocycles.